The van der Waals surface area contributed by atoms with E-state index in [9.17, 15) is 13.6 Å². The van der Waals surface area contributed by atoms with Crippen LogP contribution in [-0.2, 0) is 0 Å². The molecule has 1 aliphatic heterocycles. The first-order valence-electron chi connectivity index (χ1n) is 10.3. The Bertz CT molecular complexity index is 910. The number of nitrogens with zero attached hydrogens (tertiary/aromatic N) is 1. The molecule has 29 heavy (non-hydrogen) atoms. The fourth-order valence-electron chi connectivity index (χ4n) is 4.64. The van der Waals surface area contributed by atoms with E-state index in [2.05, 4.69) is 11.9 Å². The Morgan fingerprint density at radius 1 is 1.00 bits per heavy atom. The molecule has 1 saturated carbocycles. The second-order valence-electron chi connectivity index (χ2n) is 8.15. The molecule has 152 valence electrons. The lowest BCUT2D eigenvalue weighted by molar-refractivity contribution is 0.0521. The Hall–Kier alpha value is -2.69. The predicted molar refractivity (Wildman–Crippen MR) is 111 cm³/mol. The van der Waals surface area contributed by atoms with Crippen LogP contribution < -0.4 is 5.32 Å². The second kappa shape index (κ2) is 8.36. The van der Waals surface area contributed by atoms with Crippen LogP contribution in [0.15, 0.2) is 49.0 Å². The third-order valence-corrected chi connectivity index (χ3v) is 6.26. The highest BCUT2D eigenvalue weighted by Gasteiger charge is 2.33. The molecule has 2 fully saturated rings. The fraction of sp³-hybridized carbons (Fsp3) is 0.375. The fourth-order valence-corrected chi connectivity index (χ4v) is 4.64. The van der Waals surface area contributed by atoms with Crippen molar-refractivity contribution in [2.45, 2.75) is 32.1 Å². The third kappa shape index (κ3) is 4.34. The van der Waals surface area contributed by atoms with Gasteiger partial charge in [-0.2, -0.15) is 0 Å². The van der Waals surface area contributed by atoms with Gasteiger partial charge in [0.2, 0.25) is 0 Å². The maximum atomic E-state index is 13.9. The maximum Gasteiger partial charge on any atom is 0.253 e. The number of hydrogen-bond acceptors (Lipinski definition) is 2. The van der Waals surface area contributed by atoms with Crippen molar-refractivity contribution >= 4 is 17.3 Å². The molecule has 4 rings (SSSR count). The average Bonchev–Trinajstić information content (AvgIpc) is 2.73. The van der Waals surface area contributed by atoms with E-state index in [1.54, 1.807) is 24.3 Å². The number of rotatable bonds is 4. The van der Waals surface area contributed by atoms with E-state index in [4.69, 9.17) is 0 Å². The van der Waals surface area contributed by atoms with Crippen molar-refractivity contribution in [2.75, 3.05) is 18.4 Å². The first-order chi connectivity index (χ1) is 14.0. The molecule has 2 atom stereocenters. The van der Waals surface area contributed by atoms with Crippen LogP contribution >= 0.6 is 0 Å². The van der Waals surface area contributed by atoms with Gasteiger partial charge in [-0.05, 0) is 61.1 Å². The SMILES string of the molecule is C=C(Nc1ccc(C(=O)N2CCC3CCCC[C@@H]3C2)cc1)c1ccc(F)cc1F. The summed E-state index contributed by atoms with van der Waals surface area (Å²) in [6.45, 7) is 5.53. The van der Waals surface area contributed by atoms with Crippen molar-refractivity contribution in [3.05, 3.63) is 71.8 Å². The minimum Gasteiger partial charge on any atom is -0.355 e. The number of nitrogens with one attached hydrogen (secondary N) is 1. The molecule has 1 aliphatic carbocycles. The molecule has 5 heteroatoms. The van der Waals surface area contributed by atoms with Gasteiger partial charge in [-0.3, -0.25) is 4.79 Å². The number of piperidine rings is 1. The molecule has 0 aromatic heterocycles. The van der Waals surface area contributed by atoms with E-state index >= 15 is 0 Å². The number of fused-ring (bicyclic) bond motifs is 1. The van der Waals surface area contributed by atoms with E-state index < -0.39 is 11.6 Å². The zero-order chi connectivity index (χ0) is 20.4. The van der Waals surface area contributed by atoms with Crippen LogP contribution in [0.5, 0.6) is 0 Å². The number of benzene rings is 2. The van der Waals surface area contributed by atoms with E-state index in [0.717, 1.165) is 31.5 Å². The number of hydrogen-bond donors (Lipinski definition) is 1. The maximum absolute atomic E-state index is 13.9. The van der Waals surface area contributed by atoms with Gasteiger partial charge in [-0.15, -0.1) is 0 Å². The molecule has 1 unspecified atom stereocenters. The van der Waals surface area contributed by atoms with E-state index in [-0.39, 0.29) is 11.5 Å². The van der Waals surface area contributed by atoms with E-state index in [1.165, 1.54) is 37.8 Å². The van der Waals surface area contributed by atoms with Gasteiger partial charge in [0.1, 0.15) is 11.6 Å². The molecule has 1 saturated heterocycles. The largest absolute Gasteiger partial charge is 0.355 e. The van der Waals surface area contributed by atoms with Crippen LogP contribution in [0.2, 0.25) is 0 Å². The lowest BCUT2D eigenvalue weighted by Gasteiger charge is -2.41. The number of amides is 1. The molecule has 2 aliphatic rings. The summed E-state index contributed by atoms with van der Waals surface area (Å²) in [6.07, 6.45) is 6.27. The van der Waals surface area contributed by atoms with Crippen LogP contribution in [0.3, 0.4) is 0 Å². The Morgan fingerprint density at radius 2 is 1.72 bits per heavy atom. The zero-order valence-corrected chi connectivity index (χ0v) is 16.5. The minimum absolute atomic E-state index is 0.0731. The van der Waals surface area contributed by atoms with Crippen LogP contribution in [0, 0.1) is 23.5 Å². The van der Waals surface area contributed by atoms with Crippen molar-refractivity contribution in [1.82, 2.24) is 4.90 Å². The Morgan fingerprint density at radius 3 is 2.45 bits per heavy atom. The van der Waals surface area contributed by atoms with Crippen LogP contribution in [-0.4, -0.2) is 23.9 Å². The summed E-state index contributed by atoms with van der Waals surface area (Å²) in [5.41, 5.74) is 1.90. The lowest BCUT2D eigenvalue weighted by atomic mass is 9.75. The first-order valence-corrected chi connectivity index (χ1v) is 10.3. The van der Waals surface area contributed by atoms with Crippen LogP contribution in [0.4, 0.5) is 14.5 Å². The van der Waals surface area contributed by atoms with Gasteiger partial charge < -0.3 is 10.2 Å². The van der Waals surface area contributed by atoms with Gasteiger partial charge in [0.15, 0.2) is 0 Å². The van der Waals surface area contributed by atoms with E-state index in [0.29, 0.717) is 22.9 Å². The number of carbonyl (C=O) groups is 1. The first kappa shape index (κ1) is 19.6. The monoisotopic (exact) mass is 396 g/mol. The molecular formula is C24H26F2N2O. The minimum atomic E-state index is -0.666. The molecule has 2 aromatic rings. The average molecular weight is 396 g/mol. The predicted octanol–water partition coefficient (Wildman–Crippen LogP) is 5.70. The summed E-state index contributed by atoms with van der Waals surface area (Å²) in [7, 11) is 0. The highest BCUT2D eigenvalue weighted by Crippen LogP contribution is 2.36. The molecule has 1 amide bonds. The third-order valence-electron chi connectivity index (χ3n) is 6.26. The van der Waals surface area contributed by atoms with E-state index in [1.807, 2.05) is 4.90 Å². The van der Waals surface area contributed by atoms with Gasteiger partial charge in [0.25, 0.3) is 5.91 Å². The zero-order valence-electron chi connectivity index (χ0n) is 16.5. The van der Waals surface area contributed by atoms with Crippen molar-refractivity contribution < 1.29 is 13.6 Å². The number of halogens is 2. The lowest BCUT2D eigenvalue weighted by Crippen LogP contribution is -2.44. The number of anilines is 1. The highest BCUT2D eigenvalue weighted by molar-refractivity contribution is 5.94. The van der Waals surface area contributed by atoms with Gasteiger partial charge in [-0.25, -0.2) is 8.78 Å². The summed E-state index contributed by atoms with van der Waals surface area (Å²) in [6, 6.07) is 10.5. The molecule has 2 aromatic carbocycles. The number of likely N-dealkylation sites (tertiary alicyclic amines) is 1. The quantitative estimate of drug-likeness (QED) is 0.719. The van der Waals surface area contributed by atoms with Crippen molar-refractivity contribution in [1.29, 1.82) is 0 Å². The second-order valence-corrected chi connectivity index (χ2v) is 8.15. The Labute approximate surface area is 170 Å². The van der Waals surface area contributed by atoms with Crippen molar-refractivity contribution in [3.8, 4) is 0 Å². The summed E-state index contributed by atoms with van der Waals surface area (Å²) in [5, 5.41) is 3.02. The molecule has 1 heterocycles. The van der Waals surface area contributed by atoms with Gasteiger partial charge >= 0.3 is 0 Å². The molecular weight excluding hydrogens is 370 g/mol. The van der Waals surface area contributed by atoms with Crippen molar-refractivity contribution in [3.63, 3.8) is 0 Å². The Kier molecular flexibility index (Phi) is 5.65. The molecule has 0 radical (unpaired) electrons. The summed E-state index contributed by atoms with van der Waals surface area (Å²) in [4.78, 5) is 14.9. The molecule has 0 spiro atoms. The van der Waals surface area contributed by atoms with Crippen LogP contribution in [0.1, 0.15) is 48.0 Å². The molecule has 3 nitrogen and oxygen atoms in total. The highest BCUT2D eigenvalue weighted by atomic mass is 19.1. The Balaban J connectivity index is 1.39. The summed E-state index contributed by atoms with van der Waals surface area (Å²) < 4.78 is 27.0. The van der Waals surface area contributed by atoms with Gasteiger partial charge in [-0.1, -0.05) is 25.8 Å². The normalized spacial score (nSPS) is 21.4. The van der Waals surface area contributed by atoms with Crippen LogP contribution in [0.25, 0.3) is 5.70 Å². The van der Waals surface area contributed by atoms with Gasteiger partial charge in [0.05, 0.1) is 0 Å². The molecule has 1 N–H and O–H groups in total. The number of carbonyl (C=O) groups excluding carboxylic acids is 1. The standard InChI is InChI=1S/C24H26F2N2O/c1-16(22-11-8-20(25)14-23(22)26)27-21-9-6-18(7-10-21)24(29)28-13-12-17-4-2-3-5-19(17)15-28/h6-11,14,17,19,27H,1-5,12-13,15H2/t17?,19-/m1/s1. The smallest absolute Gasteiger partial charge is 0.253 e. The molecule has 0 bridgehead atoms. The summed E-state index contributed by atoms with van der Waals surface area (Å²) >= 11 is 0. The summed E-state index contributed by atoms with van der Waals surface area (Å²) in [5.74, 6) is 0.220. The topological polar surface area (TPSA) is 32.3 Å². The van der Waals surface area contributed by atoms with Gasteiger partial charge in [0, 0.05) is 41.7 Å². The van der Waals surface area contributed by atoms with Crippen molar-refractivity contribution in [2.24, 2.45) is 11.8 Å².